The molecule has 3 aromatic rings. The van der Waals surface area contributed by atoms with Crippen LogP contribution in [0.5, 0.6) is 0 Å². The van der Waals surface area contributed by atoms with Crippen molar-refractivity contribution in [2.24, 2.45) is 0 Å². The highest BCUT2D eigenvalue weighted by Crippen LogP contribution is 2.25. The Balaban J connectivity index is 1.85. The van der Waals surface area contributed by atoms with Crippen molar-refractivity contribution in [3.8, 4) is 0 Å². The summed E-state index contributed by atoms with van der Waals surface area (Å²) in [6, 6.07) is 13.5. The Morgan fingerprint density at radius 1 is 1.08 bits per heavy atom. The van der Waals surface area contributed by atoms with Gasteiger partial charge in [0.1, 0.15) is 11.4 Å². The number of pyridine rings is 1. The number of rotatable bonds is 4. The Labute approximate surface area is 158 Å². The summed E-state index contributed by atoms with van der Waals surface area (Å²) in [5.74, 6) is -0.929. The lowest BCUT2D eigenvalue weighted by Crippen LogP contribution is -2.29. The van der Waals surface area contributed by atoms with Crippen LogP contribution in [0.3, 0.4) is 0 Å². The van der Waals surface area contributed by atoms with Crippen LogP contribution in [-0.2, 0) is 6.54 Å². The predicted octanol–water partition coefficient (Wildman–Crippen LogP) is 4.59. The third-order valence-electron chi connectivity index (χ3n) is 3.71. The van der Waals surface area contributed by atoms with E-state index in [2.05, 4.69) is 5.32 Å². The van der Waals surface area contributed by atoms with Crippen LogP contribution in [-0.4, -0.2) is 10.5 Å². The molecule has 0 fully saturated rings. The van der Waals surface area contributed by atoms with Gasteiger partial charge in [0, 0.05) is 11.2 Å². The van der Waals surface area contributed by atoms with Gasteiger partial charge in [-0.15, -0.1) is 0 Å². The van der Waals surface area contributed by atoms with Crippen LogP contribution in [0.1, 0.15) is 15.9 Å². The van der Waals surface area contributed by atoms with Crippen LogP contribution in [0, 0.1) is 5.82 Å². The molecule has 3 rings (SSSR count). The molecular formula is C19H13Cl2FN2O2. The zero-order valence-electron chi connectivity index (χ0n) is 13.4. The molecule has 0 bridgehead atoms. The number of aromatic nitrogens is 1. The second-order valence-electron chi connectivity index (χ2n) is 5.56. The fourth-order valence-electron chi connectivity index (χ4n) is 2.40. The number of halogens is 3. The molecule has 1 aromatic heterocycles. The number of benzene rings is 2. The molecule has 4 nitrogen and oxygen atoms in total. The van der Waals surface area contributed by atoms with E-state index in [1.54, 1.807) is 36.5 Å². The monoisotopic (exact) mass is 390 g/mol. The van der Waals surface area contributed by atoms with Gasteiger partial charge in [-0.05, 0) is 48.0 Å². The molecule has 0 aliphatic rings. The van der Waals surface area contributed by atoms with Crippen molar-refractivity contribution in [1.82, 2.24) is 4.57 Å². The van der Waals surface area contributed by atoms with E-state index < -0.39 is 11.5 Å². The number of carbonyl (C=O) groups excluding carboxylic acids is 1. The lowest BCUT2D eigenvalue weighted by molar-refractivity contribution is 0.102. The molecule has 0 unspecified atom stereocenters. The van der Waals surface area contributed by atoms with E-state index >= 15 is 0 Å². The Kier molecular flexibility index (Phi) is 5.40. The Morgan fingerprint density at radius 2 is 1.81 bits per heavy atom. The molecule has 2 aromatic carbocycles. The average molecular weight is 391 g/mol. The topological polar surface area (TPSA) is 51.1 Å². The molecule has 1 amide bonds. The van der Waals surface area contributed by atoms with Gasteiger partial charge >= 0.3 is 0 Å². The van der Waals surface area contributed by atoms with Crippen molar-refractivity contribution in [2.75, 3.05) is 5.32 Å². The van der Waals surface area contributed by atoms with E-state index in [9.17, 15) is 14.0 Å². The average Bonchev–Trinajstić information content (AvgIpc) is 2.61. The van der Waals surface area contributed by atoms with Crippen molar-refractivity contribution < 1.29 is 9.18 Å². The summed E-state index contributed by atoms with van der Waals surface area (Å²) >= 11 is 11.9. The highest BCUT2D eigenvalue weighted by molar-refractivity contribution is 6.36. The predicted molar refractivity (Wildman–Crippen MR) is 101 cm³/mol. The standard InChI is InChI=1S/C19H13Cl2FN2O2/c20-13-5-8-17(16(21)10-13)23-18(25)15-2-1-9-24(19(15)26)11-12-3-6-14(22)7-4-12/h1-10H,11H2,(H,23,25). The molecule has 7 heteroatoms. The van der Waals surface area contributed by atoms with Crippen molar-refractivity contribution in [3.05, 3.63) is 98.1 Å². The summed E-state index contributed by atoms with van der Waals surface area (Å²) < 4.78 is 14.4. The first-order chi connectivity index (χ1) is 12.4. The van der Waals surface area contributed by atoms with Gasteiger partial charge in [-0.25, -0.2) is 4.39 Å². The molecule has 1 heterocycles. The molecule has 0 saturated heterocycles. The Morgan fingerprint density at radius 3 is 2.50 bits per heavy atom. The van der Waals surface area contributed by atoms with Crippen molar-refractivity contribution >= 4 is 34.8 Å². The van der Waals surface area contributed by atoms with Crippen LogP contribution in [0.4, 0.5) is 10.1 Å². The maximum atomic E-state index is 13.0. The summed E-state index contributed by atoms with van der Waals surface area (Å²) in [6.07, 6.45) is 1.57. The second-order valence-corrected chi connectivity index (χ2v) is 6.40. The largest absolute Gasteiger partial charge is 0.320 e. The Bertz CT molecular complexity index is 1020. The fourth-order valence-corrected chi connectivity index (χ4v) is 2.86. The molecule has 0 aliphatic carbocycles. The molecule has 1 N–H and O–H groups in total. The molecule has 0 radical (unpaired) electrons. The molecule has 0 atom stereocenters. The number of nitrogens with one attached hydrogen (secondary N) is 1. The summed E-state index contributed by atoms with van der Waals surface area (Å²) in [4.78, 5) is 25.0. The van der Waals surface area contributed by atoms with Gasteiger partial charge < -0.3 is 9.88 Å². The van der Waals surface area contributed by atoms with Crippen LogP contribution in [0.2, 0.25) is 10.0 Å². The van der Waals surface area contributed by atoms with Crippen LogP contribution >= 0.6 is 23.2 Å². The third-order valence-corrected chi connectivity index (χ3v) is 4.26. The number of anilines is 1. The van der Waals surface area contributed by atoms with Gasteiger partial charge in [0.05, 0.1) is 17.3 Å². The summed E-state index contributed by atoms with van der Waals surface area (Å²) in [6.45, 7) is 0.224. The van der Waals surface area contributed by atoms with Crippen LogP contribution in [0.25, 0.3) is 0 Å². The minimum Gasteiger partial charge on any atom is -0.320 e. The quantitative estimate of drug-likeness (QED) is 0.707. The lowest BCUT2D eigenvalue weighted by Gasteiger charge is -2.10. The zero-order valence-corrected chi connectivity index (χ0v) is 14.9. The molecule has 0 spiro atoms. The lowest BCUT2D eigenvalue weighted by atomic mass is 10.2. The first kappa shape index (κ1) is 18.2. The van der Waals surface area contributed by atoms with Gasteiger partial charge in [0.2, 0.25) is 0 Å². The number of carbonyl (C=O) groups is 1. The Hall–Kier alpha value is -2.63. The maximum absolute atomic E-state index is 13.0. The van der Waals surface area contributed by atoms with Gasteiger partial charge in [-0.1, -0.05) is 35.3 Å². The van der Waals surface area contributed by atoms with Crippen molar-refractivity contribution in [3.63, 3.8) is 0 Å². The minimum absolute atomic E-state index is 0.0272. The van der Waals surface area contributed by atoms with E-state index in [1.165, 1.54) is 28.8 Å². The smallest absolute Gasteiger partial charge is 0.263 e. The highest BCUT2D eigenvalue weighted by Gasteiger charge is 2.14. The molecular weight excluding hydrogens is 378 g/mol. The van der Waals surface area contributed by atoms with Gasteiger partial charge in [0.15, 0.2) is 0 Å². The van der Waals surface area contributed by atoms with Gasteiger partial charge in [0.25, 0.3) is 11.5 Å². The number of amides is 1. The van der Waals surface area contributed by atoms with E-state index in [0.29, 0.717) is 10.7 Å². The van der Waals surface area contributed by atoms with Crippen molar-refractivity contribution in [1.29, 1.82) is 0 Å². The second kappa shape index (κ2) is 7.72. The minimum atomic E-state index is -0.576. The van der Waals surface area contributed by atoms with Crippen LogP contribution < -0.4 is 10.9 Å². The first-order valence-electron chi connectivity index (χ1n) is 7.64. The van der Waals surface area contributed by atoms with E-state index in [1.807, 2.05) is 0 Å². The van der Waals surface area contributed by atoms with Gasteiger partial charge in [-0.2, -0.15) is 0 Å². The SMILES string of the molecule is O=C(Nc1ccc(Cl)cc1Cl)c1cccn(Cc2ccc(F)cc2)c1=O. The van der Waals surface area contributed by atoms with E-state index in [4.69, 9.17) is 23.2 Å². The van der Waals surface area contributed by atoms with E-state index in [0.717, 1.165) is 5.56 Å². The van der Waals surface area contributed by atoms with Crippen molar-refractivity contribution in [2.45, 2.75) is 6.54 Å². The van der Waals surface area contributed by atoms with E-state index in [-0.39, 0.29) is 22.9 Å². The van der Waals surface area contributed by atoms with Gasteiger partial charge in [-0.3, -0.25) is 9.59 Å². The fraction of sp³-hybridized carbons (Fsp3) is 0.0526. The summed E-state index contributed by atoms with van der Waals surface area (Å²) in [7, 11) is 0. The zero-order chi connectivity index (χ0) is 18.7. The molecule has 26 heavy (non-hydrogen) atoms. The third kappa shape index (κ3) is 4.12. The maximum Gasteiger partial charge on any atom is 0.263 e. The normalized spacial score (nSPS) is 10.6. The summed E-state index contributed by atoms with van der Waals surface area (Å²) in [5.41, 5.74) is 0.612. The van der Waals surface area contributed by atoms with Crippen LogP contribution in [0.15, 0.2) is 65.6 Å². The molecule has 132 valence electrons. The number of hydrogen-bond donors (Lipinski definition) is 1. The number of hydrogen-bond acceptors (Lipinski definition) is 2. The molecule has 0 saturated carbocycles. The number of nitrogens with zero attached hydrogens (tertiary/aromatic N) is 1. The summed E-state index contributed by atoms with van der Waals surface area (Å²) in [5, 5.41) is 3.31. The molecule has 0 aliphatic heterocycles. The first-order valence-corrected chi connectivity index (χ1v) is 8.40. The highest BCUT2D eigenvalue weighted by atomic mass is 35.5.